The van der Waals surface area contributed by atoms with E-state index in [4.69, 9.17) is 4.74 Å². The van der Waals surface area contributed by atoms with E-state index in [9.17, 15) is 13.2 Å². The number of hydrogen-bond donors (Lipinski definition) is 0. The van der Waals surface area contributed by atoms with Crippen LogP contribution in [-0.2, 0) is 19.6 Å². The Morgan fingerprint density at radius 1 is 1.23 bits per heavy atom. The molecule has 0 unspecified atom stereocenters. The second-order valence-corrected chi connectivity index (χ2v) is 10.2. The smallest absolute Gasteiger partial charge is 0.329 e. The molecule has 1 aromatic carbocycles. The Labute approximate surface area is 163 Å². The van der Waals surface area contributed by atoms with Crippen LogP contribution in [0.15, 0.2) is 34.8 Å². The summed E-state index contributed by atoms with van der Waals surface area (Å²) in [6.07, 6.45) is 5.40. The van der Waals surface area contributed by atoms with E-state index in [2.05, 4.69) is 35.0 Å². The lowest BCUT2D eigenvalue weighted by atomic mass is 9.89. The molecule has 0 radical (unpaired) electrons. The molecule has 142 valence electrons. The number of hydrogen-bond acceptors (Lipinski definition) is 4. The lowest BCUT2D eigenvalue weighted by Crippen LogP contribution is -2.54. The Balaban J connectivity index is 1.76. The van der Waals surface area contributed by atoms with Gasteiger partial charge < -0.3 is 4.74 Å². The molecular formula is C19H24BrNO4S. The van der Waals surface area contributed by atoms with Crippen LogP contribution >= 0.6 is 15.9 Å². The highest BCUT2D eigenvalue weighted by Crippen LogP contribution is 2.39. The zero-order valence-corrected chi connectivity index (χ0v) is 17.5. The first-order valence-electron chi connectivity index (χ1n) is 8.81. The molecule has 1 aliphatic heterocycles. The predicted molar refractivity (Wildman–Crippen MR) is 104 cm³/mol. The van der Waals surface area contributed by atoms with E-state index >= 15 is 0 Å². The molecule has 7 heteroatoms. The number of sulfonamides is 1. The minimum atomic E-state index is -3.77. The summed E-state index contributed by atoms with van der Waals surface area (Å²) >= 11 is 3.52. The van der Waals surface area contributed by atoms with E-state index in [1.807, 2.05) is 6.07 Å². The molecule has 0 saturated carbocycles. The summed E-state index contributed by atoms with van der Waals surface area (Å²) in [5.74, 6) is -0.322. The van der Waals surface area contributed by atoms with Crippen molar-refractivity contribution < 1.29 is 17.9 Å². The first-order chi connectivity index (χ1) is 12.3. The molecule has 3 rings (SSSR count). The van der Waals surface area contributed by atoms with Gasteiger partial charge in [-0.25, -0.2) is 12.7 Å². The van der Waals surface area contributed by atoms with Crippen LogP contribution in [0.4, 0.5) is 0 Å². The van der Waals surface area contributed by atoms with Gasteiger partial charge in [0.1, 0.15) is 0 Å². The van der Waals surface area contributed by atoms with E-state index in [-0.39, 0.29) is 12.8 Å². The molecule has 0 spiro atoms. The fraction of sp³-hybridized carbons (Fsp3) is 0.526. The Hall–Kier alpha value is -1.18. The van der Waals surface area contributed by atoms with Gasteiger partial charge >= 0.3 is 5.97 Å². The Morgan fingerprint density at radius 3 is 2.38 bits per heavy atom. The molecule has 0 aromatic heterocycles. The number of ether oxygens (including phenoxy) is 1. The maximum atomic E-state index is 13.2. The first-order valence-corrected chi connectivity index (χ1v) is 11.0. The molecule has 5 nitrogen and oxygen atoms in total. The number of esters is 1. The number of piperidine rings is 1. The number of rotatable bonds is 4. The van der Waals surface area contributed by atoms with Crippen LogP contribution in [-0.4, -0.2) is 43.6 Å². The van der Waals surface area contributed by atoms with E-state index < -0.39 is 20.7 Å². The minimum absolute atomic E-state index is 0.188. The Morgan fingerprint density at radius 2 is 1.85 bits per heavy atom. The molecule has 1 saturated heterocycles. The van der Waals surface area contributed by atoms with Gasteiger partial charge in [0.05, 0.1) is 7.11 Å². The number of allylic oxidation sites excluding steroid dienone is 2. The summed E-state index contributed by atoms with van der Waals surface area (Å²) < 4.78 is 32.4. The first kappa shape index (κ1) is 19.6. The largest absolute Gasteiger partial charge is 0.468 e. The van der Waals surface area contributed by atoms with E-state index in [0.29, 0.717) is 19.0 Å². The van der Waals surface area contributed by atoms with Crippen molar-refractivity contribution in [2.45, 2.75) is 43.3 Å². The van der Waals surface area contributed by atoms with Crippen molar-refractivity contribution in [3.05, 3.63) is 46.0 Å². The summed E-state index contributed by atoms with van der Waals surface area (Å²) in [5, 5.41) is 0. The maximum Gasteiger partial charge on any atom is 0.329 e. The van der Waals surface area contributed by atoms with Crippen molar-refractivity contribution in [1.29, 1.82) is 0 Å². The summed E-state index contributed by atoms with van der Waals surface area (Å²) in [6.45, 7) is 2.92. The Bertz CT molecular complexity index is 818. The molecule has 0 amide bonds. The van der Waals surface area contributed by atoms with Crippen LogP contribution < -0.4 is 0 Å². The average Bonchev–Trinajstić information content (AvgIpc) is 3.15. The normalized spacial score (nSPS) is 21.0. The highest BCUT2D eigenvalue weighted by atomic mass is 79.9. The number of halogens is 1. The van der Waals surface area contributed by atoms with Gasteiger partial charge in [-0.05, 0) is 55.7 Å². The van der Waals surface area contributed by atoms with Crippen molar-refractivity contribution >= 4 is 31.9 Å². The fourth-order valence-corrected chi connectivity index (χ4v) is 6.24. The predicted octanol–water partition coefficient (Wildman–Crippen LogP) is 3.53. The maximum absolute atomic E-state index is 13.2. The monoisotopic (exact) mass is 441 g/mol. The zero-order chi connectivity index (χ0) is 18.9. The van der Waals surface area contributed by atoms with Crippen molar-refractivity contribution in [3.63, 3.8) is 0 Å². The third-order valence-corrected chi connectivity index (χ3v) is 8.98. The van der Waals surface area contributed by atoms with Crippen LogP contribution in [0, 0.1) is 6.92 Å². The van der Waals surface area contributed by atoms with Crippen LogP contribution in [0.5, 0.6) is 0 Å². The van der Waals surface area contributed by atoms with Crippen LogP contribution in [0.3, 0.4) is 0 Å². The molecular weight excluding hydrogens is 418 g/mol. The molecule has 1 aromatic rings. The number of carbonyl (C=O) groups excluding carboxylic acids is 1. The number of methoxy groups -OCH3 is 1. The minimum Gasteiger partial charge on any atom is -0.468 e. The quantitative estimate of drug-likeness (QED) is 0.529. The lowest BCUT2D eigenvalue weighted by molar-refractivity contribution is -0.143. The third kappa shape index (κ3) is 3.25. The van der Waals surface area contributed by atoms with E-state index in [1.165, 1.54) is 22.5 Å². The van der Waals surface area contributed by atoms with Gasteiger partial charge in [0.2, 0.25) is 10.0 Å². The van der Waals surface area contributed by atoms with Gasteiger partial charge in [0.25, 0.3) is 0 Å². The van der Waals surface area contributed by atoms with Crippen LogP contribution in [0.2, 0.25) is 0 Å². The summed E-state index contributed by atoms with van der Waals surface area (Å²) in [6, 6.07) is 6.31. The topological polar surface area (TPSA) is 63.7 Å². The van der Waals surface area contributed by atoms with Gasteiger partial charge in [0, 0.05) is 17.6 Å². The standard InChI is InChI=1S/C19H24BrNO4S/c1-14-13-16(5-6-17(14)20)15-7-11-21(12-8-15)26(23,24)19(18(22)25-2)9-3-4-10-19/h3-6,13,15H,7-12H2,1-2H3. The lowest BCUT2D eigenvalue weighted by Gasteiger charge is -2.37. The van der Waals surface area contributed by atoms with Gasteiger partial charge in [0.15, 0.2) is 4.75 Å². The van der Waals surface area contributed by atoms with Crippen LogP contribution in [0.1, 0.15) is 42.7 Å². The number of aryl methyl sites for hydroxylation is 1. The number of nitrogens with zero attached hydrogens (tertiary/aromatic N) is 1. The van der Waals surface area contributed by atoms with E-state index in [0.717, 1.165) is 17.3 Å². The van der Waals surface area contributed by atoms with Gasteiger partial charge in [-0.3, -0.25) is 4.79 Å². The van der Waals surface area contributed by atoms with Gasteiger partial charge in [-0.1, -0.05) is 40.2 Å². The molecule has 0 N–H and O–H groups in total. The molecule has 1 fully saturated rings. The van der Waals surface area contributed by atoms with Gasteiger partial charge in [-0.15, -0.1) is 0 Å². The van der Waals surface area contributed by atoms with Crippen molar-refractivity contribution in [1.82, 2.24) is 4.31 Å². The number of carbonyl (C=O) groups is 1. The second kappa shape index (κ2) is 7.44. The van der Waals surface area contributed by atoms with Crippen molar-refractivity contribution in [2.24, 2.45) is 0 Å². The average molecular weight is 442 g/mol. The second-order valence-electron chi connectivity index (χ2n) is 7.05. The fourth-order valence-electron chi connectivity index (χ4n) is 3.90. The Kier molecular flexibility index (Phi) is 5.61. The zero-order valence-electron chi connectivity index (χ0n) is 15.1. The van der Waals surface area contributed by atoms with Crippen LogP contribution in [0.25, 0.3) is 0 Å². The molecule has 2 aliphatic rings. The van der Waals surface area contributed by atoms with Crippen molar-refractivity contribution in [2.75, 3.05) is 20.2 Å². The molecule has 1 heterocycles. The van der Waals surface area contributed by atoms with Gasteiger partial charge in [-0.2, -0.15) is 0 Å². The summed E-state index contributed by atoms with van der Waals surface area (Å²) in [4.78, 5) is 12.3. The van der Waals surface area contributed by atoms with E-state index in [1.54, 1.807) is 12.2 Å². The molecule has 26 heavy (non-hydrogen) atoms. The third-order valence-electron chi connectivity index (χ3n) is 5.56. The molecule has 0 atom stereocenters. The molecule has 0 bridgehead atoms. The number of benzene rings is 1. The highest BCUT2D eigenvalue weighted by Gasteiger charge is 2.54. The molecule has 1 aliphatic carbocycles. The summed E-state index contributed by atoms with van der Waals surface area (Å²) in [7, 11) is -2.52. The summed E-state index contributed by atoms with van der Waals surface area (Å²) in [5.41, 5.74) is 2.42. The van der Waals surface area contributed by atoms with Crippen molar-refractivity contribution in [3.8, 4) is 0 Å². The SMILES string of the molecule is COC(=O)C1(S(=O)(=O)N2CCC(c3ccc(Br)c(C)c3)CC2)CC=CC1. The highest BCUT2D eigenvalue weighted by molar-refractivity contribution is 9.10.